The summed E-state index contributed by atoms with van der Waals surface area (Å²) in [4.78, 5) is 17.6. The van der Waals surface area contributed by atoms with Gasteiger partial charge in [-0.3, -0.25) is 15.1 Å². The summed E-state index contributed by atoms with van der Waals surface area (Å²) in [6, 6.07) is 6.64. The summed E-state index contributed by atoms with van der Waals surface area (Å²) in [5.41, 5.74) is 0.594. The van der Waals surface area contributed by atoms with Crippen molar-refractivity contribution in [1.82, 2.24) is 10.2 Å². The van der Waals surface area contributed by atoms with Crippen LogP contribution in [0, 0.1) is 16.0 Å². The number of guanidine groups is 1. The van der Waals surface area contributed by atoms with Gasteiger partial charge < -0.3 is 25.0 Å². The minimum atomic E-state index is -0.380. The van der Waals surface area contributed by atoms with Crippen molar-refractivity contribution < 1.29 is 14.4 Å². The number of nitrogens with one attached hydrogen (secondary N) is 2. The molecule has 1 aliphatic rings. The number of anilines is 1. The molecule has 9 heteroatoms. The van der Waals surface area contributed by atoms with E-state index in [1.165, 1.54) is 6.07 Å². The van der Waals surface area contributed by atoms with E-state index in [1.54, 1.807) is 25.3 Å². The Labute approximate surface area is 166 Å². The zero-order valence-electron chi connectivity index (χ0n) is 16.7. The number of methoxy groups -OCH3 is 1. The highest BCUT2D eigenvalue weighted by molar-refractivity contribution is 5.80. The van der Waals surface area contributed by atoms with Crippen molar-refractivity contribution in [2.24, 2.45) is 10.9 Å². The lowest BCUT2D eigenvalue weighted by atomic mass is 10.1. The Kier molecular flexibility index (Phi) is 9.50. The van der Waals surface area contributed by atoms with Crippen LogP contribution < -0.4 is 10.6 Å². The zero-order valence-corrected chi connectivity index (χ0v) is 16.7. The van der Waals surface area contributed by atoms with Crippen LogP contribution in [0.5, 0.6) is 0 Å². The SMILES string of the molecule is CCNC(=NCCNc1ccccc1[N+](=O)[O-])N1CCC(COCCOC)C1. The van der Waals surface area contributed by atoms with Crippen LogP contribution in [-0.4, -0.2) is 75.4 Å². The van der Waals surface area contributed by atoms with Crippen molar-refractivity contribution in [3.8, 4) is 0 Å². The number of likely N-dealkylation sites (tertiary alicyclic amines) is 1. The minimum Gasteiger partial charge on any atom is -0.382 e. The first-order valence-electron chi connectivity index (χ1n) is 9.73. The monoisotopic (exact) mass is 393 g/mol. The van der Waals surface area contributed by atoms with E-state index in [4.69, 9.17) is 9.47 Å². The predicted molar refractivity (Wildman–Crippen MR) is 110 cm³/mol. The topological polar surface area (TPSA) is 101 Å². The van der Waals surface area contributed by atoms with E-state index >= 15 is 0 Å². The molecule has 0 saturated carbocycles. The summed E-state index contributed by atoms with van der Waals surface area (Å²) < 4.78 is 10.6. The summed E-state index contributed by atoms with van der Waals surface area (Å²) in [7, 11) is 1.67. The van der Waals surface area contributed by atoms with Crippen LogP contribution in [0.3, 0.4) is 0 Å². The van der Waals surface area contributed by atoms with E-state index in [0.29, 0.717) is 37.9 Å². The summed E-state index contributed by atoms with van der Waals surface area (Å²) in [6.07, 6.45) is 1.08. The lowest BCUT2D eigenvalue weighted by Gasteiger charge is -2.21. The van der Waals surface area contributed by atoms with Crippen molar-refractivity contribution in [3.05, 3.63) is 34.4 Å². The van der Waals surface area contributed by atoms with Gasteiger partial charge in [0.15, 0.2) is 5.96 Å². The molecule has 1 fully saturated rings. The molecular formula is C19H31N5O4. The zero-order chi connectivity index (χ0) is 20.2. The van der Waals surface area contributed by atoms with Crippen molar-refractivity contribution in [3.63, 3.8) is 0 Å². The molecule has 156 valence electrons. The number of hydrogen-bond acceptors (Lipinski definition) is 6. The van der Waals surface area contributed by atoms with E-state index in [9.17, 15) is 10.1 Å². The molecular weight excluding hydrogens is 362 g/mol. The van der Waals surface area contributed by atoms with E-state index < -0.39 is 0 Å². The van der Waals surface area contributed by atoms with Crippen LogP contribution >= 0.6 is 0 Å². The maximum absolute atomic E-state index is 11.1. The van der Waals surface area contributed by atoms with Crippen LogP contribution in [0.15, 0.2) is 29.3 Å². The molecule has 9 nitrogen and oxygen atoms in total. The van der Waals surface area contributed by atoms with Gasteiger partial charge in [-0.15, -0.1) is 0 Å². The molecule has 1 unspecified atom stereocenters. The third-order valence-corrected chi connectivity index (χ3v) is 4.50. The fourth-order valence-electron chi connectivity index (χ4n) is 3.11. The van der Waals surface area contributed by atoms with E-state index in [0.717, 1.165) is 38.6 Å². The molecule has 0 spiro atoms. The number of ether oxygens (including phenoxy) is 2. The second-order valence-electron chi connectivity index (χ2n) is 6.61. The van der Waals surface area contributed by atoms with Gasteiger partial charge in [0.1, 0.15) is 5.69 Å². The maximum Gasteiger partial charge on any atom is 0.292 e. The molecule has 2 rings (SSSR count). The van der Waals surface area contributed by atoms with Gasteiger partial charge in [0, 0.05) is 45.3 Å². The smallest absolute Gasteiger partial charge is 0.292 e. The first-order chi connectivity index (χ1) is 13.7. The number of benzene rings is 1. The van der Waals surface area contributed by atoms with Gasteiger partial charge in [-0.2, -0.15) is 0 Å². The quantitative estimate of drug-likeness (QED) is 0.195. The standard InChI is InChI=1S/C19H31N5O4/c1-3-20-19(23-11-8-16(14-23)15-28-13-12-27-2)22-10-9-21-17-6-4-5-7-18(17)24(25)26/h4-7,16,21H,3,8-15H2,1-2H3,(H,20,22). The number of nitro groups is 1. The second kappa shape index (κ2) is 12.1. The molecule has 1 aromatic carbocycles. The summed E-state index contributed by atoms with van der Waals surface area (Å²) >= 11 is 0. The van der Waals surface area contributed by atoms with Gasteiger partial charge in [0.25, 0.3) is 5.69 Å². The highest BCUT2D eigenvalue weighted by Crippen LogP contribution is 2.22. The average molecular weight is 393 g/mol. The van der Waals surface area contributed by atoms with Gasteiger partial charge in [-0.25, -0.2) is 0 Å². The first kappa shape index (κ1) is 21.9. The van der Waals surface area contributed by atoms with Crippen LogP contribution in [0.2, 0.25) is 0 Å². The van der Waals surface area contributed by atoms with Crippen LogP contribution in [-0.2, 0) is 9.47 Å². The average Bonchev–Trinajstić information content (AvgIpc) is 3.16. The summed E-state index contributed by atoms with van der Waals surface area (Å²) in [5, 5.41) is 17.5. The molecule has 1 aromatic rings. The van der Waals surface area contributed by atoms with Crippen molar-refractivity contribution in [2.45, 2.75) is 13.3 Å². The highest BCUT2D eigenvalue weighted by Gasteiger charge is 2.24. The van der Waals surface area contributed by atoms with E-state index in [2.05, 4.69) is 20.5 Å². The molecule has 0 bridgehead atoms. The first-order valence-corrected chi connectivity index (χ1v) is 9.73. The van der Waals surface area contributed by atoms with Crippen LogP contribution in [0.25, 0.3) is 0 Å². The Morgan fingerprint density at radius 1 is 1.39 bits per heavy atom. The molecule has 1 atom stereocenters. The van der Waals surface area contributed by atoms with Crippen molar-refractivity contribution in [1.29, 1.82) is 0 Å². The Bertz CT molecular complexity index is 641. The lowest BCUT2D eigenvalue weighted by Crippen LogP contribution is -2.40. The highest BCUT2D eigenvalue weighted by atomic mass is 16.6. The number of nitro benzene ring substituents is 1. The molecule has 28 heavy (non-hydrogen) atoms. The molecule has 0 aliphatic carbocycles. The maximum atomic E-state index is 11.1. The largest absolute Gasteiger partial charge is 0.382 e. The number of aliphatic imine (C=N–C) groups is 1. The Balaban J connectivity index is 1.82. The Morgan fingerprint density at radius 2 is 2.21 bits per heavy atom. The van der Waals surface area contributed by atoms with Gasteiger partial charge in [-0.1, -0.05) is 12.1 Å². The number of para-hydroxylation sites is 2. The predicted octanol–water partition coefficient (Wildman–Crippen LogP) is 1.96. The fraction of sp³-hybridized carbons (Fsp3) is 0.632. The molecule has 0 radical (unpaired) electrons. The summed E-state index contributed by atoms with van der Waals surface area (Å²) in [5.74, 6) is 1.37. The lowest BCUT2D eigenvalue weighted by molar-refractivity contribution is -0.384. The second-order valence-corrected chi connectivity index (χ2v) is 6.61. The number of rotatable bonds is 11. The van der Waals surface area contributed by atoms with Gasteiger partial charge in [-0.05, 0) is 19.4 Å². The summed E-state index contributed by atoms with van der Waals surface area (Å²) in [6.45, 7) is 7.73. The molecule has 0 aromatic heterocycles. The van der Waals surface area contributed by atoms with Gasteiger partial charge in [0.05, 0.1) is 31.3 Å². The molecule has 1 saturated heterocycles. The molecule has 0 amide bonds. The fourth-order valence-corrected chi connectivity index (χ4v) is 3.11. The minimum absolute atomic E-state index is 0.0780. The van der Waals surface area contributed by atoms with Crippen molar-refractivity contribution in [2.75, 3.05) is 65.0 Å². The Hall–Kier alpha value is -2.39. The van der Waals surface area contributed by atoms with Crippen LogP contribution in [0.1, 0.15) is 13.3 Å². The molecule has 1 aliphatic heterocycles. The normalized spacial score (nSPS) is 17.0. The number of hydrogen-bond donors (Lipinski definition) is 2. The molecule has 2 N–H and O–H groups in total. The van der Waals surface area contributed by atoms with Crippen molar-refractivity contribution >= 4 is 17.3 Å². The third kappa shape index (κ3) is 6.97. The number of nitrogens with zero attached hydrogens (tertiary/aromatic N) is 3. The third-order valence-electron chi connectivity index (χ3n) is 4.50. The van der Waals surface area contributed by atoms with Gasteiger partial charge in [0.2, 0.25) is 0 Å². The van der Waals surface area contributed by atoms with E-state index in [-0.39, 0.29) is 10.6 Å². The van der Waals surface area contributed by atoms with Gasteiger partial charge >= 0.3 is 0 Å². The Morgan fingerprint density at radius 3 is 2.96 bits per heavy atom. The van der Waals surface area contributed by atoms with E-state index in [1.807, 2.05) is 6.92 Å². The van der Waals surface area contributed by atoms with Crippen LogP contribution in [0.4, 0.5) is 11.4 Å². The molecule has 1 heterocycles.